The average molecular weight is 288 g/mol. The molecule has 4 heteroatoms. The number of fused-ring (bicyclic) bond motifs is 1. The second-order valence-corrected chi connectivity index (χ2v) is 5.22. The number of halogens is 1. The summed E-state index contributed by atoms with van der Waals surface area (Å²) < 4.78 is 5.62. The van der Waals surface area contributed by atoms with Gasteiger partial charge >= 0.3 is 0 Å². The number of benzene rings is 2. The van der Waals surface area contributed by atoms with Crippen molar-refractivity contribution in [2.24, 2.45) is 0 Å². The molecule has 0 aliphatic carbocycles. The summed E-state index contributed by atoms with van der Waals surface area (Å²) in [4.78, 5) is 14.1. The van der Waals surface area contributed by atoms with Crippen molar-refractivity contribution < 1.29 is 9.53 Å². The molecule has 1 atom stereocenters. The zero-order valence-electron chi connectivity index (χ0n) is 11.0. The first-order valence-corrected chi connectivity index (χ1v) is 6.84. The number of rotatable bonds is 2. The SMILES string of the molecule is CC1Oc2ccccc2N(Cc2cccc(Cl)c2)C1=O. The number of carbonyl (C=O) groups excluding carboxylic acids is 1. The number of amides is 1. The fourth-order valence-electron chi connectivity index (χ4n) is 2.34. The van der Waals surface area contributed by atoms with Crippen molar-refractivity contribution in [2.45, 2.75) is 19.6 Å². The zero-order valence-corrected chi connectivity index (χ0v) is 11.8. The Morgan fingerprint density at radius 1 is 1.20 bits per heavy atom. The van der Waals surface area contributed by atoms with Crippen LogP contribution in [0.25, 0.3) is 0 Å². The molecular weight excluding hydrogens is 274 g/mol. The van der Waals surface area contributed by atoms with E-state index in [1.54, 1.807) is 11.8 Å². The van der Waals surface area contributed by atoms with Crippen molar-refractivity contribution in [3.05, 3.63) is 59.1 Å². The summed E-state index contributed by atoms with van der Waals surface area (Å²) in [7, 11) is 0. The van der Waals surface area contributed by atoms with E-state index in [9.17, 15) is 4.79 Å². The largest absolute Gasteiger partial charge is 0.479 e. The van der Waals surface area contributed by atoms with E-state index in [0.29, 0.717) is 11.6 Å². The summed E-state index contributed by atoms with van der Waals surface area (Å²) in [5.74, 6) is 0.699. The van der Waals surface area contributed by atoms with Gasteiger partial charge in [0.25, 0.3) is 5.91 Å². The Morgan fingerprint density at radius 3 is 2.80 bits per heavy atom. The number of para-hydroxylation sites is 2. The van der Waals surface area contributed by atoms with Gasteiger partial charge in [-0.15, -0.1) is 0 Å². The molecule has 3 rings (SSSR count). The first-order chi connectivity index (χ1) is 9.65. The van der Waals surface area contributed by atoms with Crippen LogP contribution in [0.1, 0.15) is 12.5 Å². The van der Waals surface area contributed by atoms with Crippen molar-refractivity contribution in [1.82, 2.24) is 0 Å². The predicted molar refractivity (Wildman–Crippen MR) is 79.2 cm³/mol. The van der Waals surface area contributed by atoms with Gasteiger partial charge in [0.1, 0.15) is 5.75 Å². The minimum absolute atomic E-state index is 0.0383. The van der Waals surface area contributed by atoms with Gasteiger partial charge in [0, 0.05) is 5.02 Å². The summed E-state index contributed by atoms with van der Waals surface area (Å²) in [6.45, 7) is 2.26. The Hall–Kier alpha value is -2.00. The Balaban J connectivity index is 1.97. The number of anilines is 1. The van der Waals surface area contributed by atoms with E-state index < -0.39 is 6.10 Å². The van der Waals surface area contributed by atoms with Gasteiger partial charge in [-0.1, -0.05) is 35.9 Å². The van der Waals surface area contributed by atoms with Crippen LogP contribution < -0.4 is 9.64 Å². The number of hydrogen-bond acceptors (Lipinski definition) is 2. The van der Waals surface area contributed by atoms with Gasteiger partial charge in [-0.25, -0.2) is 0 Å². The smallest absolute Gasteiger partial charge is 0.268 e. The second-order valence-electron chi connectivity index (χ2n) is 4.78. The molecule has 1 aliphatic heterocycles. The molecule has 2 aromatic carbocycles. The van der Waals surface area contributed by atoms with E-state index in [1.807, 2.05) is 48.5 Å². The number of hydrogen-bond donors (Lipinski definition) is 0. The van der Waals surface area contributed by atoms with E-state index in [4.69, 9.17) is 16.3 Å². The van der Waals surface area contributed by atoms with Crippen LogP contribution >= 0.6 is 11.6 Å². The molecule has 0 fully saturated rings. The summed E-state index contributed by atoms with van der Waals surface area (Å²) >= 11 is 6.00. The van der Waals surface area contributed by atoms with E-state index in [1.165, 1.54) is 0 Å². The lowest BCUT2D eigenvalue weighted by Gasteiger charge is -2.33. The second kappa shape index (κ2) is 5.17. The number of ether oxygens (including phenoxy) is 1. The summed E-state index contributed by atoms with van der Waals surface area (Å²) in [5.41, 5.74) is 1.80. The van der Waals surface area contributed by atoms with Crippen LogP contribution in [0.3, 0.4) is 0 Å². The highest BCUT2D eigenvalue weighted by Crippen LogP contribution is 2.34. The third kappa shape index (κ3) is 2.37. The highest BCUT2D eigenvalue weighted by Gasteiger charge is 2.31. The first-order valence-electron chi connectivity index (χ1n) is 6.46. The van der Waals surface area contributed by atoms with Gasteiger partial charge in [-0.05, 0) is 36.8 Å². The zero-order chi connectivity index (χ0) is 14.1. The van der Waals surface area contributed by atoms with Crippen LogP contribution in [-0.2, 0) is 11.3 Å². The molecule has 0 spiro atoms. The Kier molecular flexibility index (Phi) is 3.36. The highest BCUT2D eigenvalue weighted by atomic mass is 35.5. The quantitative estimate of drug-likeness (QED) is 0.844. The van der Waals surface area contributed by atoms with Gasteiger partial charge in [-0.2, -0.15) is 0 Å². The van der Waals surface area contributed by atoms with Crippen LogP contribution in [0, 0.1) is 0 Å². The maximum Gasteiger partial charge on any atom is 0.268 e. The minimum Gasteiger partial charge on any atom is -0.479 e. The molecule has 0 bridgehead atoms. The molecule has 0 saturated heterocycles. The molecule has 1 heterocycles. The highest BCUT2D eigenvalue weighted by molar-refractivity contribution is 6.30. The van der Waals surface area contributed by atoms with Crippen LogP contribution in [0.15, 0.2) is 48.5 Å². The lowest BCUT2D eigenvalue weighted by molar-refractivity contribution is -0.125. The first kappa shape index (κ1) is 13.0. The molecule has 1 amide bonds. The third-order valence-electron chi connectivity index (χ3n) is 3.30. The Labute approximate surface area is 122 Å². The van der Waals surface area contributed by atoms with Crippen LogP contribution in [0.5, 0.6) is 5.75 Å². The van der Waals surface area contributed by atoms with Gasteiger partial charge < -0.3 is 9.64 Å². The number of nitrogens with zero attached hydrogens (tertiary/aromatic N) is 1. The molecule has 0 aromatic heterocycles. The molecule has 1 aliphatic rings. The van der Waals surface area contributed by atoms with Gasteiger partial charge in [0.05, 0.1) is 12.2 Å². The van der Waals surface area contributed by atoms with Crippen molar-refractivity contribution >= 4 is 23.2 Å². The molecule has 3 nitrogen and oxygen atoms in total. The van der Waals surface area contributed by atoms with Crippen LogP contribution in [-0.4, -0.2) is 12.0 Å². The lowest BCUT2D eigenvalue weighted by Crippen LogP contribution is -2.43. The van der Waals surface area contributed by atoms with E-state index in [0.717, 1.165) is 17.0 Å². The predicted octanol–water partition coefficient (Wildman–Crippen LogP) is 3.65. The van der Waals surface area contributed by atoms with Gasteiger partial charge in [0.15, 0.2) is 6.10 Å². The van der Waals surface area contributed by atoms with E-state index >= 15 is 0 Å². The minimum atomic E-state index is -0.468. The van der Waals surface area contributed by atoms with Gasteiger partial charge in [-0.3, -0.25) is 4.79 Å². The monoisotopic (exact) mass is 287 g/mol. The van der Waals surface area contributed by atoms with E-state index in [2.05, 4.69) is 0 Å². The average Bonchev–Trinajstić information content (AvgIpc) is 2.44. The van der Waals surface area contributed by atoms with Crippen LogP contribution in [0.2, 0.25) is 5.02 Å². The summed E-state index contributed by atoms with van der Waals surface area (Å²) in [5, 5.41) is 0.671. The van der Waals surface area contributed by atoms with Crippen molar-refractivity contribution in [1.29, 1.82) is 0 Å². The van der Waals surface area contributed by atoms with Crippen molar-refractivity contribution in [3.8, 4) is 5.75 Å². The molecule has 0 radical (unpaired) electrons. The molecule has 0 saturated carbocycles. The Bertz CT molecular complexity index is 656. The maximum absolute atomic E-state index is 12.3. The molecule has 20 heavy (non-hydrogen) atoms. The molecular formula is C16H14ClNO2. The molecule has 2 aromatic rings. The summed E-state index contributed by atoms with van der Waals surface area (Å²) in [6.07, 6.45) is -0.468. The Morgan fingerprint density at radius 2 is 2.00 bits per heavy atom. The van der Waals surface area contributed by atoms with Crippen molar-refractivity contribution in [3.63, 3.8) is 0 Å². The summed E-state index contributed by atoms with van der Waals surface area (Å²) in [6, 6.07) is 15.1. The lowest BCUT2D eigenvalue weighted by atomic mass is 10.1. The third-order valence-corrected chi connectivity index (χ3v) is 3.54. The molecule has 102 valence electrons. The molecule has 1 unspecified atom stereocenters. The van der Waals surface area contributed by atoms with Crippen LogP contribution in [0.4, 0.5) is 5.69 Å². The normalized spacial score (nSPS) is 17.6. The van der Waals surface area contributed by atoms with E-state index in [-0.39, 0.29) is 5.91 Å². The standard InChI is InChI=1S/C16H14ClNO2/c1-11-16(19)18(10-12-5-4-6-13(17)9-12)14-7-2-3-8-15(14)20-11/h2-9,11H,10H2,1H3. The van der Waals surface area contributed by atoms with Crippen molar-refractivity contribution in [2.75, 3.05) is 4.90 Å². The topological polar surface area (TPSA) is 29.5 Å². The number of carbonyl (C=O) groups is 1. The van der Waals surface area contributed by atoms with Gasteiger partial charge in [0.2, 0.25) is 0 Å². The fourth-order valence-corrected chi connectivity index (χ4v) is 2.55. The maximum atomic E-state index is 12.3. The fraction of sp³-hybridized carbons (Fsp3) is 0.188. The molecule has 0 N–H and O–H groups in total.